The Hall–Kier alpha value is -1.36. The van der Waals surface area contributed by atoms with Crippen LogP contribution in [0.25, 0.3) is 0 Å². The quantitative estimate of drug-likeness (QED) is 0.706. The predicted octanol–water partition coefficient (Wildman–Crippen LogP) is 0.457. The van der Waals surface area contributed by atoms with Crippen LogP contribution in [0.2, 0.25) is 0 Å². The van der Waals surface area contributed by atoms with Crippen molar-refractivity contribution in [3.05, 3.63) is 11.6 Å². The van der Waals surface area contributed by atoms with E-state index >= 15 is 0 Å². The Morgan fingerprint density at radius 2 is 2.33 bits per heavy atom. The number of amidine groups is 1. The van der Waals surface area contributed by atoms with Crippen molar-refractivity contribution in [2.24, 2.45) is 15.8 Å². The Kier molecular flexibility index (Phi) is 2.08. The fourth-order valence-electron chi connectivity index (χ4n) is 1.61. The molecule has 0 aliphatic carbocycles. The molecule has 0 unspecified atom stereocenters. The number of primary amides is 1. The molecule has 2 aliphatic rings. The highest BCUT2D eigenvalue weighted by molar-refractivity contribution is 6.69. The van der Waals surface area contributed by atoms with Crippen LogP contribution in [0.15, 0.2) is 21.7 Å². The maximum Gasteiger partial charge on any atom is 0.252 e. The van der Waals surface area contributed by atoms with Gasteiger partial charge in [0.25, 0.3) is 5.91 Å². The minimum absolute atomic E-state index is 0.250. The molecule has 0 aromatic carbocycles. The summed E-state index contributed by atoms with van der Waals surface area (Å²) in [6, 6.07) is 0. The third-order valence-electron chi connectivity index (χ3n) is 2.18. The molecule has 0 fully saturated rings. The zero-order valence-corrected chi connectivity index (χ0v) is 9.25. The lowest BCUT2D eigenvalue weighted by Gasteiger charge is -2.20. The van der Waals surface area contributed by atoms with Crippen LogP contribution in [-0.4, -0.2) is 34.0 Å². The number of allylic oxidation sites excluding steroid dienone is 1. The van der Waals surface area contributed by atoms with Gasteiger partial charge in [-0.15, -0.1) is 0 Å². The summed E-state index contributed by atoms with van der Waals surface area (Å²) in [5.74, 6) is -0.0265. The second-order valence-electron chi connectivity index (χ2n) is 4.15. The summed E-state index contributed by atoms with van der Waals surface area (Å²) < 4.78 is 0. The number of rotatable bonds is 1. The highest BCUT2D eigenvalue weighted by Crippen LogP contribution is 2.26. The number of carbonyl (C=O) groups is 1. The van der Waals surface area contributed by atoms with Crippen molar-refractivity contribution < 1.29 is 4.79 Å². The van der Waals surface area contributed by atoms with Crippen LogP contribution < -0.4 is 5.73 Å². The molecule has 1 amide bonds. The normalized spacial score (nSPS) is 22.9. The smallest absolute Gasteiger partial charge is 0.252 e. The average molecular weight is 227 g/mol. The molecular formula is C9H11ClN4O. The summed E-state index contributed by atoms with van der Waals surface area (Å²) in [6.07, 6.45) is 1.45. The molecule has 2 N–H and O–H groups in total. The van der Waals surface area contributed by atoms with Gasteiger partial charge in [0.2, 0.25) is 0 Å². The van der Waals surface area contributed by atoms with Crippen molar-refractivity contribution in [2.45, 2.75) is 19.4 Å². The number of aliphatic imine (C=N–C) groups is 1. The van der Waals surface area contributed by atoms with E-state index in [0.717, 1.165) is 0 Å². The summed E-state index contributed by atoms with van der Waals surface area (Å²) in [5.41, 5.74) is 5.30. The van der Waals surface area contributed by atoms with Gasteiger partial charge in [0.15, 0.2) is 11.0 Å². The first kappa shape index (κ1) is 10.2. The second-order valence-corrected chi connectivity index (χ2v) is 4.54. The Labute approximate surface area is 92.3 Å². The first-order chi connectivity index (χ1) is 6.89. The number of halogens is 1. The van der Waals surface area contributed by atoms with Crippen LogP contribution in [0.5, 0.6) is 0 Å². The summed E-state index contributed by atoms with van der Waals surface area (Å²) in [5, 5.41) is 5.94. The van der Waals surface area contributed by atoms with Gasteiger partial charge in [0.1, 0.15) is 0 Å². The van der Waals surface area contributed by atoms with E-state index in [-0.39, 0.29) is 10.7 Å². The fourth-order valence-corrected chi connectivity index (χ4v) is 1.81. The van der Waals surface area contributed by atoms with Gasteiger partial charge in [-0.05, 0) is 19.9 Å². The van der Waals surface area contributed by atoms with Crippen molar-refractivity contribution in [2.75, 3.05) is 6.54 Å². The van der Waals surface area contributed by atoms with Gasteiger partial charge in [-0.3, -0.25) is 9.79 Å². The number of nitrogens with two attached hydrogens (primary N) is 1. The zero-order chi connectivity index (χ0) is 11.2. The molecule has 0 saturated carbocycles. The van der Waals surface area contributed by atoms with E-state index < -0.39 is 5.91 Å². The number of nitrogens with zero attached hydrogens (tertiary/aromatic N) is 3. The van der Waals surface area contributed by atoms with Crippen LogP contribution in [0, 0.1) is 0 Å². The van der Waals surface area contributed by atoms with Crippen LogP contribution in [0.4, 0.5) is 0 Å². The molecule has 6 heteroatoms. The van der Waals surface area contributed by atoms with Gasteiger partial charge in [-0.25, -0.2) is 5.01 Å². The Bertz CT molecular complexity index is 422. The van der Waals surface area contributed by atoms with Crippen molar-refractivity contribution in [3.8, 4) is 0 Å². The number of fused-ring (bicyclic) bond motifs is 1. The standard InChI is InChI=1S/C9H11ClN4O/c1-9(2)4-14-8(12-9)5(7(11)15)3-6(10)13-14/h3H,4H2,1-2H3,(H2,11,15). The minimum Gasteiger partial charge on any atom is -0.365 e. The third-order valence-corrected chi connectivity index (χ3v) is 2.36. The number of carbonyl (C=O) groups excluding carboxylic acids is 1. The van der Waals surface area contributed by atoms with E-state index in [1.807, 2.05) is 13.8 Å². The number of hydrogen-bond donors (Lipinski definition) is 1. The molecule has 0 aromatic heterocycles. The molecule has 5 nitrogen and oxygen atoms in total. The molecule has 0 saturated heterocycles. The highest BCUT2D eigenvalue weighted by atomic mass is 35.5. The van der Waals surface area contributed by atoms with Gasteiger partial charge in [-0.1, -0.05) is 11.6 Å². The average Bonchev–Trinajstić information content (AvgIpc) is 2.36. The maximum atomic E-state index is 11.2. The highest BCUT2D eigenvalue weighted by Gasteiger charge is 2.36. The van der Waals surface area contributed by atoms with E-state index in [0.29, 0.717) is 18.0 Å². The Morgan fingerprint density at radius 3 is 2.93 bits per heavy atom. The molecule has 0 spiro atoms. The largest absolute Gasteiger partial charge is 0.365 e. The van der Waals surface area contributed by atoms with Crippen molar-refractivity contribution in [1.29, 1.82) is 0 Å². The van der Waals surface area contributed by atoms with Crippen LogP contribution in [0.1, 0.15) is 13.8 Å². The lowest BCUT2D eigenvalue weighted by atomic mass is 10.1. The summed E-state index contributed by atoms with van der Waals surface area (Å²) in [6.45, 7) is 4.52. The zero-order valence-electron chi connectivity index (χ0n) is 8.49. The maximum absolute atomic E-state index is 11.2. The minimum atomic E-state index is -0.537. The number of hydrogen-bond acceptors (Lipinski definition) is 4. The van der Waals surface area contributed by atoms with E-state index in [4.69, 9.17) is 17.3 Å². The van der Waals surface area contributed by atoms with Gasteiger partial charge >= 0.3 is 0 Å². The van der Waals surface area contributed by atoms with Crippen LogP contribution >= 0.6 is 11.6 Å². The number of amides is 1. The lowest BCUT2D eigenvalue weighted by Crippen LogP contribution is -2.35. The van der Waals surface area contributed by atoms with Gasteiger partial charge in [-0.2, -0.15) is 5.10 Å². The lowest BCUT2D eigenvalue weighted by molar-refractivity contribution is -0.114. The van der Waals surface area contributed by atoms with Crippen molar-refractivity contribution in [1.82, 2.24) is 5.01 Å². The SMILES string of the molecule is CC1(C)CN2N=C(Cl)C=C(C(N)=O)C2=N1. The predicted molar refractivity (Wildman–Crippen MR) is 58.8 cm³/mol. The summed E-state index contributed by atoms with van der Waals surface area (Å²) in [7, 11) is 0. The summed E-state index contributed by atoms with van der Waals surface area (Å²) >= 11 is 5.78. The molecule has 0 atom stereocenters. The van der Waals surface area contributed by atoms with Gasteiger partial charge in [0.05, 0.1) is 17.7 Å². The van der Waals surface area contributed by atoms with Crippen molar-refractivity contribution >= 4 is 28.5 Å². The third kappa shape index (κ3) is 1.74. The van der Waals surface area contributed by atoms with Crippen LogP contribution in [0.3, 0.4) is 0 Å². The van der Waals surface area contributed by atoms with E-state index in [1.165, 1.54) is 6.08 Å². The molecule has 2 heterocycles. The monoisotopic (exact) mass is 226 g/mol. The second kappa shape index (κ2) is 3.06. The molecule has 0 aromatic rings. The number of hydrazone groups is 1. The van der Waals surface area contributed by atoms with E-state index in [1.54, 1.807) is 5.01 Å². The Morgan fingerprint density at radius 1 is 1.67 bits per heavy atom. The molecular weight excluding hydrogens is 216 g/mol. The van der Waals surface area contributed by atoms with E-state index in [9.17, 15) is 4.79 Å². The summed E-state index contributed by atoms with van der Waals surface area (Å²) in [4.78, 5) is 15.6. The molecule has 15 heavy (non-hydrogen) atoms. The van der Waals surface area contributed by atoms with Gasteiger partial charge in [0, 0.05) is 0 Å². The van der Waals surface area contributed by atoms with Crippen molar-refractivity contribution in [3.63, 3.8) is 0 Å². The molecule has 80 valence electrons. The van der Waals surface area contributed by atoms with Gasteiger partial charge < -0.3 is 5.73 Å². The molecule has 2 rings (SSSR count). The van der Waals surface area contributed by atoms with Crippen LogP contribution in [-0.2, 0) is 4.79 Å². The topological polar surface area (TPSA) is 71.0 Å². The van der Waals surface area contributed by atoms with E-state index in [2.05, 4.69) is 10.1 Å². The molecule has 0 radical (unpaired) electrons. The first-order valence-corrected chi connectivity index (χ1v) is 4.90. The first-order valence-electron chi connectivity index (χ1n) is 4.52. The molecule has 2 aliphatic heterocycles. The molecule has 0 bridgehead atoms. The fraction of sp³-hybridized carbons (Fsp3) is 0.444. The Balaban J connectivity index is 2.47.